The average molecular weight is 419 g/mol. The number of nitrogens with two attached hydrogens (primary N) is 1. The fraction of sp³-hybridized carbons (Fsp3) is 0.294. The Balaban J connectivity index is 1.70. The van der Waals surface area contributed by atoms with Gasteiger partial charge in [-0.2, -0.15) is 15.2 Å². The molecular formula is C17H15ClN6O5. The largest absolute Gasteiger partial charge is 0.424 e. The number of nitriles is 1. The number of hydrogen-bond acceptors (Lipinski definition) is 10. The minimum atomic E-state index is -1.32. The van der Waals surface area contributed by atoms with Gasteiger partial charge < -0.3 is 30.5 Å². The minimum Gasteiger partial charge on any atom is -0.424 e. The first-order valence-corrected chi connectivity index (χ1v) is 8.80. The third kappa shape index (κ3) is 3.33. The highest BCUT2D eigenvalue weighted by Gasteiger charge is 2.44. The number of rotatable bonds is 4. The molecule has 4 atom stereocenters. The van der Waals surface area contributed by atoms with Crippen LogP contribution in [0.2, 0.25) is 5.02 Å². The molecule has 150 valence electrons. The number of aromatic nitrogens is 4. The van der Waals surface area contributed by atoms with E-state index in [4.69, 9.17) is 32.1 Å². The molecular weight excluding hydrogens is 404 g/mol. The molecule has 0 unspecified atom stereocenters. The quantitative estimate of drug-likeness (QED) is 0.462. The molecule has 4 rings (SSSR count). The molecule has 0 spiro atoms. The van der Waals surface area contributed by atoms with Gasteiger partial charge in [0.2, 0.25) is 0 Å². The summed E-state index contributed by atoms with van der Waals surface area (Å²) in [5, 5.41) is 38.7. The summed E-state index contributed by atoms with van der Waals surface area (Å²) in [6.45, 7) is -0.466. The summed E-state index contributed by atoms with van der Waals surface area (Å²) in [5.41, 5.74) is 6.67. The summed E-state index contributed by atoms with van der Waals surface area (Å²) in [6, 6.07) is 6.28. The first-order valence-electron chi connectivity index (χ1n) is 8.43. The second-order valence-electron chi connectivity index (χ2n) is 6.30. The number of aliphatic hydroxyl groups is 3. The number of ether oxygens (including phenoxy) is 2. The molecule has 11 nitrogen and oxygen atoms in total. The van der Waals surface area contributed by atoms with Crippen molar-refractivity contribution in [3.05, 3.63) is 35.1 Å². The predicted molar refractivity (Wildman–Crippen MR) is 99.0 cm³/mol. The monoisotopic (exact) mass is 418 g/mol. The van der Waals surface area contributed by atoms with E-state index in [0.717, 1.165) is 0 Å². The number of nitrogens with zero attached hydrogens (tertiary/aromatic N) is 5. The lowest BCUT2D eigenvalue weighted by atomic mass is 10.1. The summed E-state index contributed by atoms with van der Waals surface area (Å²) in [6.07, 6.45) is -3.26. The molecule has 5 N–H and O–H groups in total. The van der Waals surface area contributed by atoms with E-state index in [1.807, 2.05) is 6.07 Å². The molecule has 0 aliphatic carbocycles. The van der Waals surface area contributed by atoms with E-state index in [1.54, 1.807) is 0 Å². The van der Waals surface area contributed by atoms with Gasteiger partial charge in [0.25, 0.3) is 0 Å². The van der Waals surface area contributed by atoms with Gasteiger partial charge in [0, 0.05) is 6.07 Å². The van der Waals surface area contributed by atoms with Crippen molar-refractivity contribution >= 4 is 28.6 Å². The number of halogens is 1. The molecule has 1 aromatic carbocycles. The molecule has 2 aromatic heterocycles. The van der Waals surface area contributed by atoms with Crippen molar-refractivity contribution in [1.29, 1.82) is 5.26 Å². The van der Waals surface area contributed by atoms with Crippen LogP contribution in [0.3, 0.4) is 0 Å². The topological polar surface area (TPSA) is 173 Å². The number of benzene rings is 1. The predicted octanol–water partition coefficient (Wildman–Crippen LogP) is 0.337. The number of nitrogen functional groups attached to an aromatic ring is 1. The Kier molecular flexibility index (Phi) is 4.95. The maximum atomic E-state index is 10.3. The van der Waals surface area contributed by atoms with Gasteiger partial charge in [-0.15, -0.1) is 0 Å². The Morgan fingerprint density at radius 1 is 1.31 bits per heavy atom. The highest BCUT2D eigenvalue weighted by Crippen LogP contribution is 2.33. The third-order valence-electron chi connectivity index (χ3n) is 4.49. The molecule has 1 aliphatic heterocycles. The van der Waals surface area contributed by atoms with Crippen LogP contribution in [0.4, 0.5) is 5.82 Å². The molecule has 29 heavy (non-hydrogen) atoms. The second-order valence-corrected chi connectivity index (χ2v) is 6.71. The summed E-state index contributed by atoms with van der Waals surface area (Å²) in [4.78, 5) is 12.4. The van der Waals surface area contributed by atoms with Gasteiger partial charge in [-0.25, -0.2) is 4.98 Å². The number of hydrogen-bond donors (Lipinski definition) is 4. The Morgan fingerprint density at radius 3 is 2.76 bits per heavy atom. The van der Waals surface area contributed by atoms with E-state index in [0.29, 0.717) is 0 Å². The molecule has 12 heteroatoms. The van der Waals surface area contributed by atoms with E-state index >= 15 is 0 Å². The number of fused-ring (bicyclic) bond motifs is 1. The van der Waals surface area contributed by atoms with Crippen LogP contribution in [0, 0.1) is 11.3 Å². The molecule has 0 saturated carbocycles. The first-order chi connectivity index (χ1) is 13.9. The molecule has 0 radical (unpaired) electrons. The summed E-state index contributed by atoms with van der Waals surface area (Å²) in [5.74, 6) is 0.307. The van der Waals surface area contributed by atoms with Crippen LogP contribution in [0.25, 0.3) is 11.2 Å². The number of anilines is 1. The van der Waals surface area contributed by atoms with Crippen LogP contribution < -0.4 is 10.5 Å². The van der Waals surface area contributed by atoms with Crippen LogP contribution in [-0.2, 0) is 4.74 Å². The van der Waals surface area contributed by atoms with E-state index < -0.39 is 31.1 Å². The van der Waals surface area contributed by atoms with Crippen LogP contribution in [0.1, 0.15) is 11.8 Å². The fourth-order valence-electron chi connectivity index (χ4n) is 3.01. The van der Waals surface area contributed by atoms with Crippen molar-refractivity contribution in [1.82, 2.24) is 19.5 Å². The van der Waals surface area contributed by atoms with E-state index in [9.17, 15) is 15.3 Å². The third-order valence-corrected chi connectivity index (χ3v) is 4.80. The lowest BCUT2D eigenvalue weighted by Gasteiger charge is -2.16. The lowest BCUT2D eigenvalue weighted by Crippen LogP contribution is -2.33. The number of aliphatic hydroxyl groups excluding tert-OH is 3. The van der Waals surface area contributed by atoms with E-state index in [1.165, 1.54) is 29.1 Å². The smallest absolute Gasteiger partial charge is 0.326 e. The summed E-state index contributed by atoms with van der Waals surface area (Å²) in [7, 11) is 0. The van der Waals surface area contributed by atoms with Crippen molar-refractivity contribution < 1.29 is 24.8 Å². The van der Waals surface area contributed by atoms with Crippen molar-refractivity contribution in [2.24, 2.45) is 0 Å². The highest BCUT2D eigenvalue weighted by atomic mass is 35.5. The van der Waals surface area contributed by atoms with Gasteiger partial charge in [-0.1, -0.05) is 11.6 Å². The Hall–Kier alpha value is -3.01. The van der Waals surface area contributed by atoms with Crippen LogP contribution in [0.5, 0.6) is 11.8 Å². The summed E-state index contributed by atoms with van der Waals surface area (Å²) >= 11 is 6.00. The molecule has 0 bridgehead atoms. The zero-order chi connectivity index (χ0) is 20.7. The zero-order valence-electron chi connectivity index (χ0n) is 14.7. The molecule has 1 aliphatic rings. The van der Waals surface area contributed by atoms with Crippen molar-refractivity contribution in [3.63, 3.8) is 0 Å². The SMILES string of the molecule is N#Cc1ccc(Oc2nc(N)c3ncn([C@@H]4O[C@H](CO)[C@@H](O)[C@H]4O)c3n2)cc1Cl. The molecule has 3 aromatic rings. The number of imidazole rings is 1. The lowest BCUT2D eigenvalue weighted by molar-refractivity contribution is -0.0511. The van der Waals surface area contributed by atoms with E-state index in [-0.39, 0.29) is 39.3 Å². The van der Waals surface area contributed by atoms with Gasteiger partial charge in [0.1, 0.15) is 30.1 Å². The Bertz CT molecular complexity index is 1120. The normalized spacial score (nSPS) is 24.0. The van der Waals surface area contributed by atoms with Crippen LogP contribution in [-0.4, -0.2) is 59.8 Å². The van der Waals surface area contributed by atoms with Gasteiger partial charge >= 0.3 is 6.01 Å². The Labute approximate surface area is 168 Å². The van der Waals surface area contributed by atoms with Crippen molar-refractivity contribution in [2.75, 3.05) is 12.3 Å². The van der Waals surface area contributed by atoms with Gasteiger partial charge in [-0.05, 0) is 12.1 Å². The molecule has 0 amide bonds. The molecule has 1 saturated heterocycles. The average Bonchev–Trinajstić information content (AvgIpc) is 3.24. The first kappa shape index (κ1) is 19.3. The van der Waals surface area contributed by atoms with Crippen LogP contribution in [0.15, 0.2) is 24.5 Å². The van der Waals surface area contributed by atoms with Gasteiger partial charge in [0.05, 0.1) is 23.5 Å². The maximum Gasteiger partial charge on any atom is 0.326 e. The minimum absolute atomic E-state index is 0.0234. The second kappa shape index (κ2) is 7.43. The maximum absolute atomic E-state index is 10.3. The van der Waals surface area contributed by atoms with Crippen molar-refractivity contribution in [3.8, 4) is 17.8 Å². The van der Waals surface area contributed by atoms with Crippen molar-refractivity contribution in [2.45, 2.75) is 24.5 Å². The molecule has 1 fully saturated rings. The van der Waals surface area contributed by atoms with Gasteiger partial charge in [-0.3, -0.25) is 4.57 Å². The molecule has 3 heterocycles. The Morgan fingerprint density at radius 2 is 2.10 bits per heavy atom. The van der Waals surface area contributed by atoms with Crippen LogP contribution >= 0.6 is 11.6 Å². The van der Waals surface area contributed by atoms with E-state index in [2.05, 4.69) is 15.0 Å². The summed E-state index contributed by atoms with van der Waals surface area (Å²) < 4.78 is 12.5. The zero-order valence-corrected chi connectivity index (χ0v) is 15.4. The van der Waals surface area contributed by atoms with Gasteiger partial charge in [0.15, 0.2) is 23.2 Å². The standard InChI is InChI=1S/C17H15ClN6O5/c18-9-3-8(2-1-7(9)4-19)28-17-22-14(20)11-15(23-17)24(6-21-11)16-13(27)12(26)10(5-25)29-16/h1-3,6,10,12-13,16,25-27H,5H2,(H2,20,22,23)/t10-,12-,13-,16-/m1/s1. The highest BCUT2D eigenvalue weighted by molar-refractivity contribution is 6.31. The fourth-order valence-corrected chi connectivity index (χ4v) is 3.23.